The van der Waals surface area contributed by atoms with Gasteiger partial charge >= 0.3 is 11.9 Å². The lowest BCUT2D eigenvalue weighted by molar-refractivity contribution is -0.148. The van der Waals surface area contributed by atoms with Crippen LogP contribution in [-0.4, -0.2) is 26.2 Å². The number of hydrogen-bond acceptors (Lipinski definition) is 4. The molecule has 4 nitrogen and oxygen atoms in total. The van der Waals surface area contributed by atoms with E-state index in [1.165, 1.54) is 14.2 Å². The van der Waals surface area contributed by atoms with E-state index in [9.17, 15) is 9.59 Å². The van der Waals surface area contributed by atoms with E-state index in [4.69, 9.17) is 9.47 Å². The van der Waals surface area contributed by atoms with Gasteiger partial charge in [-0.15, -0.1) is 0 Å². The van der Waals surface area contributed by atoms with Gasteiger partial charge in [-0.25, -0.2) is 0 Å². The van der Waals surface area contributed by atoms with Crippen molar-refractivity contribution in [2.45, 2.75) is 5.92 Å². The van der Waals surface area contributed by atoms with Crippen molar-refractivity contribution >= 4 is 11.9 Å². The molecule has 0 amide bonds. The molecule has 2 rings (SSSR count). The first-order valence-corrected chi connectivity index (χ1v) is 5.41. The zero-order chi connectivity index (χ0) is 12.4. The molecule has 17 heavy (non-hydrogen) atoms. The second kappa shape index (κ2) is 4.57. The minimum absolute atomic E-state index is 0.115. The number of carbonyl (C=O) groups excluding carboxylic acids is 2. The molecule has 4 heteroatoms. The Labute approximate surface area is 99.5 Å². The van der Waals surface area contributed by atoms with Crippen LogP contribution in [0.25, 0.3) is 0 Å². The van der Waals surface area contributed by atoms with Gasteiger partial charge in [0, 0.05) is 5.92 Å². The molecule has 1 aromatic rings. The highest BCUT2D eigenvalue weighted by Gasteiger charge is 2.61. The number of benzene rings is 1. The van der Waals surface area contributed by atoms with E-state index in [1.54, 1.807) is 0 Å². The van der Waals surface area contributed by atoms with Gasteiger partial charge in [0.2, 0.25) is 0 Å². The maximum Gasteiger partial charge on any atom is 0.310 e. The number of methoxy groups -OCH3 is 2. The zero-order valence-electron chi connectivity index (χ0n) is 9.75. The molecule has 0 aromatic heterocycles. The molecule has 0 radical (unpaired) electrons. The second-order valence-electron chi connectivity index (χ2n) is 4.03. The summed E-state index contributed by atoms with van der Waals surface area (Å²) in [7, 11) is 2.66. The van der Waals surface area contributed by atoms with Gasteiger partial charge in [-0.3, -0.25) is 9.59 Å². The average Bonchev–Trinajstić information content (AvgIpc) is 3.13. The van der Waals surface area contributed by atoms with Crippen LogP contribution in [0.2, 0.25) is 0 Å². The minimum Gasteiger partial charge on any atom is -0.469 e. The Kier molecular flexibility index (Phi) is 3.13. The SMILES string of the molecule is COC(=O)[C@@H]1C(c2ccccc2)[C@@H]1C(=O)OC. The summed E-state index contributed by atoms with van der Waals surface area (Å²) in [5.74, 6) is -1.63. The Morgan fingerprint density at radius 1 is 0.941 bits per heavy atom. The molecule has 0 heterocycles. The second-order valence-corrected chi connectivity index (χ2v) is 4.03. The topological polar surface area (TPSA) is 52.6 Å². The molecule has 0 spiro atoms. The lowest BCUT2D eigenvalue weighted by Crippen LogP contribution is -2.10. The third kappa shape index (κ3) is 2.02. The van der Waals surface area contributed by atoms with Crippen LogP contribution in [0, 0.1) is 11.8 Å². The van der Waals surface area contributed by atoms with Gasteiger partial charge in [0.1, 0.15) is 0 Å². The van der Waals surface area contributed by atoms with Gasteiger partial charge in [-0.1, -0.05) is 30.3 Å². The monoisotopic (exact) mass is 234 g/mol. The van der Waals surface area contributed by atoms with E-state index in [2.05, 4.69) is 0 Å². The van der Waals surface area contributed by atoms with Crippen LogP contribution < -0.4 is 0 Å². The summed E-state index contributed by atoms with van der Waals surface area (Å²) in [6, 6.07) is 9.48. The first kappa shape index (κ1) is 11.6. The van der Waals surface area contributed by atoms with Gasteiger partial charge in [0.05, 0.1) is 26.1 Å². The Hall–Kier alpha value is -1.84. The van der Waals surface area contributed by atoms with Crippen LogP contribution in [0.1, 0.15) is 11.5 Å². The summed E-state index contributed by atoms with van der Waals surface area (Å²) in [4.78, 5) is 23.1. The predicted molar refractivity (Wildman–Crippen MR) is 60.2 cm³/mol. The smallest absolute Gasteiger partial charge is 0.310 e. The van der Waals surface area contributed by atoms with Crippen LogP contribution in [0.15, 0.2) is 30.3 Å². The van der Waals surface area contributed by atoms with Crippen molar-refractivity contribution in [2.24, 2.45) is 11.8 Å². The van der Waals surface area contributed by atoms with Crippen molar-refractivity contribution in [1.82, 2.24) is 0 Å². The Morgan fingerprint density at radius 3 is 1.82 bits per heavy atom. The zero-order valence-corrected chi connectivity index (χ0v) is 9.75. The molecule has 1 saturated carbocycles. The van der Waals surface area contributed by atoms with Crippen LogP contribution in [0.5, 0.6) is 0 Å². The molecule has 1 aliphatic carbocycles. The molecule has 3 atom stereocenters. The number of rotatable bonds is 3. The molecule has 90 valence electrons. The van der Waals surface area contributed by atoms with Crippen LogP contribution in [0.3, 0.4) is 0 Å². The van der Waals surface area contributed by atoms with E-state index < -0.39 is 11.8 Å². The van der Waals surface area contributed by atoms with Gasteiger partial charge in [-0.05, 0) is 5.56 Å². The van der Waals surface area contributed by atoms with E-state index >= 15 is 0 Å². The molecule has 1 aromatic carbocycles. The van der Waals surface area contributed by atoms with Crippen molar-refractivity contribution in [3.63, 3.8) is 0 Å². The van der Waals surface area contributed by atoms with E-state index in [-0.39, 0.29) is 17.9 Å². The molecule has 0 saturated heterocycles. The van der Waals surface area contributed by atoms with Crippen molar-refractivity contribution in [1.29, 1.82) is 0 Å². The number of carbonyl (C=O) groups is 2. The fourth-order valence-corrected chi connectivity index (χ4v) is 2.26. The van der Waals surface area contributed by atoms with Gasteiger partial charge in [0.15, 0.2) is 0 Å². The summed E-state index contributed by atoms with van der Waals surface area (Å²) in [5.41, 5.74) is 0.971. The number of esters is 2. The highest BCUT2D eigenvalue weighted by Crippen LogP contribution is 2.55. The van der Waals surface area contributed by atoms with Crippen LogP contribution >= 0.6 is 0 Å². The third-order valence-corrected chi connectivity index (χ3v) is 3.15. The summed E-state index contributed by atoms with van der Waals surface area (Å²) in [6.07, 6.45) is 0. The summed E-state index contributed by atoms with van der Waals surface area (Å²) < 4.78 is 9.41. The number of ether oxygens (including phenoxy) is 2. The molecule has 1 fully saturated rings. The average molecular weight is 234 g/mol. The predicted octanol–water partition coefficient (Wildman–Crippen LogP) is 1.36. The lowest BCUT2D eigenvalue weighted by Gasteiger charge is -1.98. The summed E-state index contributed by atoms with van der Waals surface area (Å²) >= 11 is 0. The van der Waals surface area contributed by atoms with Crippen LogP contribution in [-0.2, 0) is 19.1 Å². The lowest BCUT2D eigenvalue weighted by atomic mass is 10.1. The molecule has 0 bridgehead atoms. The fraction of sp³-hybridized carbons (Fsp3) is 0.385. The quantitative estimate of drug-likeness (QED) is 0.741. The van der Waals surface area contributed by atoms with E-state index in [0.29, 0.717) is 0 Å². The normalized spacial score (nSPS) is 26.1. The molecule has 1 unspecified atom stereocenters. The maximum absolute atomic E-state index is 11.6. The van der Waals surface area contributed by atoms with Crippen molar-refractivity contribution in [3.8, 4) is 0 Å². The van der Waals surface area contributed by atoms with Gasteiger partial charge < -0.3 is 9.47 Å². The van der Waals surface area contributed by atoms with Gasteiger partial charge in [-0.2, -0.15) is 0 Å². The standard InChI is InChI=1S/C13H14O4/c1-16-12(14)10-9(11(10)13(15)17-2)8-6-4-3-5-7-8/h3-7,9-11H,1-2H3/t9?,10-,11+. The molecule has 0 N–H and O–H groups in total. The molecule has 0 aliphatic heterocycles. The molecular formula is C13H14O4. The number of hydrogen-bond donors (Lipinski definition) is 0. The highest BCUT2D eigenvalue weighted by atomic mass is 16.5. The Balaban J connectivity index is 2.22. The summed E-state index contributed by atoms with van der Waals surface area (Å²) in [6.45, 7) is 0. The van der Waals surface area contributed by atoms with E-state index in [0.717, 1.165) is 5.56 Å². The van der Waals surface area contributed by atoms with Gasteiger partial charge in [0.25, 0.3) is 0 Å². The minimum atomic E-state index is -0.408. The van der Waals surface area contributed by atoms with Crippen molar-refractivity contribution in [2.75, 3.05) is 14.2 Å². The summed E-state index contributed by atoms with van der Waals surface area (Å²) in [5, 5.41) is 0. The molecular weight excluding hydrogens is 220 g/mol. The van der Waals surface area contributed by atoms with E-state index in [1.807, 2.05) is 30.3 Å². The first-order chi connectivity index (χ1) is 8.20. The third-order valence-electron chi connectivity index (χ3n) is 3.15. The maximum atomic E-state index is 11.6. The first-order valence-electron chi connectivity index (χ1n) is 5.41. The highest BCUT2D eigenvalue weighted by molar-refractivity contribution is 5.90. The Bertz CT molecular complexity index is 404. The fourth-order valence-electron chi connectivity index (χ4n) is 2.26. The Morgan fingerprint density at radius 2 is 1.41 bits per heavy atom. The van der Waals surface area contributed by atoms with Crippen molar-refractivity contribution < 1.29 is 19.1 Å². The van der Waals surface area contributed by atoms with Crippen molar-refractivity contribution in [3.05, 3.63) is 35.9 Å². The van der Waals surface area contributed by atoms with Crippen LogP contribution in [0.4, 0.5) is 0 Å². The largest absolute Gasteiger partial charge is 0.469 e. The molecule has 1 aliphatic rings.